The molecule has 0 aliphatic carbocycles. The van der Waals surface area contributed by atoms with E-state index in [9.17, 15) is 9.59 Å². The van der Waals surface area contributed by atoms with Crippen molar-refractivity contribution in [2.75, 3.05) is 13.2 Å². The summed E-state index contributed by atoms with van der Waals surface area (Å²) in [6.45, 7) is 6.72. The van der Waals surface area contributed by atoms with Gasteiger partial charge in [0.25, 0.3) is 0 Å². The fraction of sp³-hybridized carbons (Fsp3) is 0.833. The molecule has 1 aliphatic rings. The van der Waals surface area contributed by atoms with Crippen molar-refractivity contribution >= 4 is 11.9 Å². The average molecular weight is 228 g/mol. The second-order valence-corrected chi connectivity index (χ2v) is 4.76. The molecule has 4 heteroatoms. The van der Waals surface area contributed by atoms with E-state index in [4.69, 9.17) is 9.47 Å². The van der Waals surface area contributed by atoms with Gasteiger partial charge in [0.05, 0.1) is 11.8 Å². The van der Waals surface area contributed by atoms with Crippen molar-refractivity contribution in [2.45, 2.75) is 33.6 Å². The van der Waals surface area contributed by atoms with E-state index in [2.05, 4.69) is 0 Å². The largest absolute Gasteiger partial charge is 0.393 e. The van der Waals surface area contributed by atoms with Crippen LogP contribution in [0.2, 0.25) is 0 Å². The van der Waals surface area contributed by atoms with E-state index >= 15 is 0 Å². The molecule has 0 aromatic heterocycles. The third-order valence-corrected chi connectivity index (χ3v) is 2.79. The summed E-state index contributed by atoms with van der Waals surface area (Å²) in [5, 5.41) is 0. The standard InChI is InChI=1S/C12H20O4/c1-8(2)11(13)16-12(14)9(3)6-10-4-5-15-7-10/h8-10H,4-7H2,1-3H3. The van der Waals surface area contributed by atoms with Crippen LogP contribution in [0.4, 0.5) is 0 Å². The number of rotatable bonds is 4. The molecule has 0 bridgehead atoms. The molecule has 0 amide bonds. The first kappa shape index (κ1) is 13.2. The predicted molar refractivity (Wildman–Crippen MR) is 58.6 cm³/mol. The number of ether oxygens (including phenoxy) is 2. The average Bonchev–Trinajstić information content (AvgIpc) is 2.69. The monoisotopic (exact) mass is 228 g/mol. The Labute approximate surface area is 96.3 Å². The highest BCUT2D eigenvalue weighted by atomic mass is 16.6. The van der Waals surface area contributed by atoms with Gasteiger partial charge in [-0.2, -0.15) is 0 Å². The van der Waals surface area contributed by atoms with E-state index in [1.54, 1.807) is 20.8 Å². The van der Waals surface area contributed by atoms with Crippen molar-refractivity contribution < 1.29 is 19.1 Å². The van der Waals surface area contributed by atoms with Crippen molar-refractivity contribution in [3.8, 4) is 0 Å². The zero-order chi connectivity index (χ0) is 12.1. The Kier molecular flexibility index (Phi) is 4.93. The number of carbonyl (C=O) groups is 2. The van der Waals surface area contributed by atoms with Crippen LogP contribution in [-0.4, -0.2) is 25.2 Å². The molecule has 1 aliphatic heterocycles. The lowest BCUT2D eigenvalue weighted by molar-refractivity contribution is -0.164. The zero-order valence-electron chi connectivity index (χ0n) is 10.2. The van der Waals surface area contributed by atoms with Gasteiger partial charge in [0, 0.05) is 13.2 Å². The minimum atomic E-state index is -0.445. The first-order valence-corrected chi connectivity index (χ1v) is 5.84. The molecular formula is C12H20O4. The maximum absolute atomic E-state index is 11.6. The highest BCUT2D eigenvalue weighted by molar-refractivity contribution is 5.87. The molecule has 1 saturated heterocycles. The van der Waals surface area contributed by atoms with Gasteiger partial charge in [0.1, 0.15) is 0 Å². The molecule has 1 fully saturated rings. The number of hydrogen-bond acceptors (Lipinski definition) is 4. The summed E-state index contributed by atoms with van der Waals surface area (Å²) in [4.78, 5) is 22.8. The molecule has 0 saturated carbocycles. The van der Waals surface area contributed by atoms with E-state index in [0.717, 1.165) is 26.1 Å². The summed E-state index contributed by atoms with van der Waals surface area (Å²) < 4.78 is 10.0. The molecule has 92 valence electrons. The third-order valence-electron chi connectivity index (χ3n) is 2.79. The van der Waals surface area contributed by atoms with Gasteiger partial charge in [0.15, 0.2) is 0 Å². The van der Waals surface area contributed by atoms with Crippen LogP contribution in [0.15, 0.2) is 0 Å². The van der Waals surface area contributed by atoms with Crippen molar-refractivity contribution in [1.29, 1.82) is 0 Å². The van der Waals surface area contributed by atoms with Gasteiger partial charge in [-0.15, -0.1) is 0 Å². The van der Waals surface area contributed by atoms with E-state index in [1.165, 1.54) is 0 Å². The van der Waals surface area contributed by atoms with Crippen LogP contribution in [0.25, 0.3) is 0 Å². The molecule has 0 aromatic carbocycles. The Hall–Kier alpha value is -0.900. The number of esters is 2. The molecular weight excluding hydrogens is 208 g/mol. The molecule has 0 spiro atoms. The maximum atomic E-state index is 11.6. The second-order valence-electron chi connectivity index (χ2n) is 4.76. The van der Waals surface area contributed by atoms with Crippen LogP contribution >= 0.6 is 0 Å². The second kappa shape index (κ2) is 5.99. The Morgan fingerprint density at radius 3 is 2.50 bits per heavy atom. The quantitative estimate of drug-likeness (QED) is 0.543. The number of carbonyl (C=O) groups excluding carboxylic acids is 2. The topological polar surface area (TPSA) is 52.6 Å². The van der Waals surface area contributed by atoms with E-state index < -0.39 is 11.9 Å². The van der Waals surface area contributed by atoms with Gasteiger partial charge in [-0.1, -0.05) is 20.8 Å². The summed E-state index contributed by atoms with van der Waals surface area (Å²) in [5.74, 6) is -0.915. The molecule has 1 rings (SSSR count). The highest BCUT2D eigenvalue weighted by Gasteiger charge is 2.25. The normalized spacial score (nSPS) is 22.1. The summed E-state index contributed by atoms with van der Waals surface area (Å²) >= 11 is 0. The number of hydrogen-bond donors (Lipinski definition) is 0. The minimum absolute atomic E-state index is 0.227. The van der Waals surface area contributed by atoms with Crippen molar-refractivity contribution in [3.05, 3.63) is 0 Å². The van der Waals surface area contributed by atoms with E-state index in [1.807, 2.05) is 0 Å². The van der Waals surface area contributed by atoms with Gasteiger partial charge >= 0.3 is 11.9 Å². The molecule has 2 atom stereocenters. The van der Waals surface area contributed by atoms with Crippen molar-refractivity contribution in [3.63, 3.8) is 0 Å². The lowest BCUT2D eigenvalue weighted by Gasteiger charge is -2.14. The smallest absolute Gasteiger partial charge is 0.316 e. The fourth-order valence-electron chi connectivity index (χ4n) is 1.68. The zero-order valence-corrected chi connectivity index (χ0v) is 10.2. The van der Waals surface area contributed by atoms with Crippen molar-refractivity contribution in [2.24, 2.45) is 17.8 Å². The predicted octanol–water partition coefficient (Wildman–Crippen LogP) is 1.77. The van der Waals surface area contributed by atoms with Gasteiger partial charge < -0.3 is 9.47 Å². The van der Waals surface area contributed by atoms with Gasteiger partial charge in [0.2, 0.25) is 0 Å². The SMILES string of the molecule is CC(C)C(=O)OC(=O)C(C)CC1CCOC1. The first-order valence-electron chi connectivity index (χ1n) is 5.84. The van der Waals surface area contributed by atoms with Gasteiger partial charge in [-0.3, -0.25) is 9.59 Å². The maximum Gasteiger partial charge on any atom is 0.316 e. The first-order chi connectivity index (χ1) is 7.50. The molecule has 16 heavy (non-hydrogen) atoms. The Morgan fingerprint density at radius 2 is 2.00 bits per heavy atom. The highest BCUT2D eigenvalue weighted by Crippen LogP contribution is 2.22. The molecule has 0 radical (unpaired) electrons. The Bertz CT molecular complexity index is 254. The van der Waals surface area contributed by atoms with Gasteiger partial charge in [-0.25, -0.2) is 0 Å². The Morgan fingerprint density at radius 1 is 1.31 bits per heavy atom. The summed E-state index contributed by atoms with van der Waals surface area (Å²) in [6.07, 6.45) is 1.74. The summed E-state index contributed by atoms with van der Waals surface area (Å²) in [6, 6.07) is 0. The molecule has 4 nitrogen and oxygen atoms in total. The van der Waals surface area contributed by atoms with Crippen LogP contribution in [0.1, 0.15) is 33.6 Å². The lowest BCUT2D eigenvalue weighted by atomic mass is 9.95. The lowest BCUT2D eigenvalue weighted by Crippen LogP contribution is -2.24. The molecule has 0 N–H and O–H groups in total. The molecule has 0 aromatic rings. The van der Waals surface area contributed by atoms with Crippen LogP contribution in [-0.2, 0) is 19.1 Å². The minimum Gasteiger partial charge on any atom is -0.393 e. The van der Waals surface area contributed by atoms with Gasteiger partial charge in [-0.05, 0) is 18.8 Å². The van der Waals surface area contributed by atoms with E-state index in [-0.39, 0.29) is 11.8 Å². The van der Waals surface area contributed by atoms with E-state index in [0.29, 0.717) is 5.92 Å². The third kappa shape index (κ3) is 3.93. The van der Waals surface area contributed by atoms with Crippen LogP contribution in [0.5, 0.6) is 0 Å². The summed E-state index contributed by atoms with van der Waals surface area (Å²) in [7, 11) is 0. The van der Waals surface area contributed by atoms with Crippen LogP contribution < -0.4 is 0 Å². The van der Waals surface area contributed by atoms with Crippen LogP contribution in [0, 0.1) is 17.8 Å². The summed E-state index contributed by atoms with van der Waals surface area (Å²) in [5.41, 5.74) is 0. The molecule has 2 unspecified atom stereocenters. The van der Waals surface area contributed by atoms with Crippen LogP contribution in [0.3, 0.4) is 0 Å². The molecule has 1 heterocycles. The Balaban J connectivity index is 2.32. The van der Waals surface area contributed by atoms with Crippen molar-refractivity contribution in [1.82, 2.24) is 0 Å². The fourth-order valence-corrected chi connectivity index (χ4v) is 1.68.